The molecule has 1 aromatic rings. The van der Waals surface area contributed by atoms with Crippen molar-refractivity contribution in [3.8, 4) is 5.75 Å². The van der Waals surface area contributed by atoms with Gasteiger partial charge in [0.1, 0.15) is 5.75 Å². The third kappa shape index (κ3) is 7.61. The van der Waals surface area contributed by atoms with Gasteiger partial charge < -0.3 is 10.1 Å². The normalized spacial score (nSPS) is 13.5. The fourth-order valence-corrected chi connectivity index (χ4v) is 2.98. The highest BCUT2D eigenvalue weighted by Gasteiger charge is 2.19. The number of amides is 1. The molecule has 1 rings (SSSR count). The monoisotopic (exact) mass is 351 g/mol. The van der Waals surface area contributed by atoms with Crippen molar-refractivity contribution < 1.29 is 9.53 Å². The van der Waals surface area contributed by atoms with Crippen LogP contribution in [0.25, 0.3) is 0 Å². The van der Waals surface area contributed by atoms with Crippen molar-refractivity contribution in [2.75, 3.05) is 12.3 Å². The molecule has 0 fully saturated rings. The van der Waals surface area contributed by atoms with Crippen LogP contribution in [0.4, 0.5) is 0 Å². The maximum Gasteiger partial charge on any atom is 0.261 e. The molecule has 4 heteroatoms. The molecule has 0 aromatic heterocycles. The largest absolute Gasteiger partial charge is 0.481 e. The van der Waals surface area contributed by atoms with Crippen LogP contribution >= 0.6 is 11.8 Å². The van der Waals surface area contributed by atoms with Gasteiger partial charge in [-0.15, -0.1) is 0 Å². The number of hydrogen-bond donors (Lipinski definition) is 1. The van der Waals surface area contributed by atoms with Crippen LogP contribution in [-0.4, -0.2) is 29.1 Å². The summed E-state index contributed by atoms with van der Waals surface area (Å²) >= 11 is 1.85. The van der Waals surface area contributed by atoms with Crippen LogP contribution in [0.2, 0.25) is 0 Å². The molecule has 1 aromatic carbocycles. The Morgan fingerprint density at radius 1 is 1.12 bits per heavy atom. The molecule has 24 heavy (non-hydrogen) atoms. The highest BCUT2D eigenvalue weighted by Crippen LogP contribution is 2.25. The van der Waals surface area contributed by atoms with Crippen molar-refractivity contribution >= 4 is 17.7 Å². The fourth-order valence-electron chi connectivity index (χ4n) is 2.17. The van der Waals surface area contributed by atoms with Gasteiger partial charge in [-0.3, -0.25) is 4.79 Å². The van der Waals surface area contributed by atoms with Crippen molar-refractivity contribution in [2.45, 2.75) is 71.2 Å². The third-order valence-electron chi connectivity index (χ3n) is 3.60. The lowest BCUT2D eigenvalue weighted by Gasteiger charge is -2.21. The molecule has 0 radical (unpaired) electrons. The molecule has 0 heterocycles. The van der Waals surface area contributed by atoms with Gasteiger partial charge >= 0.3 is 0 Å². The smallest absolute Gasteiger partial charge is 0.261 e. The van der Waals surface area contributed by atoms with Gasteiger partial charge in [0.05, 0.1) is 0 Å². The van der Waals surface area contributed by atoms with E-state index >= 15 is 0 Å². The summed E-state index contributed by atoms with van der Waals surface area (Å²) in [4.78, 5) is 12.3. The Hall–Kier alpha value is -1.16. The number of nitrogens with one attached hydrogen (secondary N) is 1. The fraction of sp³-hybridized carbons (Fsp3) is 0.650. The topological polar surface area (TPSA) is 38.3 Å². The van der Waals surface area contributed by atoms with E-state index in [-0.39, 0.29) is 16.1 Å². The first-order valence-corrected chi connectivity index (χ1v) is 9.70. The first-order chi connectivity index (χ1) is 11.0. The number of carbonyl (C=O) groups excluding carboxylic acids is 1. The minimum atomic E-state index is -0.440. The van der Waals surface area contributed by atoms with Gasteiger partial charge in [0.15, 0.2) is 6.10 Å². The number of ether oxygens (including phenoxy) is 1. The van der Waals surface area contributed by atoms with Crippen molar-refractivity contribution in [2.24, 2.45) is 0 Å². The number of benzene rings is 1. The maximum absolute atomic E-state index is 12.3. The Morgan fingerprint density at radius 2 is 1.71 bits per heavy atom. The van der Waals surface area contributed by atoms with Gasteiger partial charge in [0, 0.05) is 17.0 Å². The molecular weight excluding hydrogens is 318 g/mol. The summed E-state index contributed by atoms with van der Waals surface area (Å²) < 4.78 is 6.09. The summed E-state index contributed by atoms with van der Waals surface area (Å²) in [5.74, 6) is 1.62. The van der Waals surface area contributed by atoms with E-state index in [0.717, 1.165) is 11.5 Å². The Balaban J connectivity index is 2.53. The van der Waals surface area contributed by atoms with Crippen molar-refractivity contribution in [1.29, 1.82) is 0 Å². The van der Waals surface area contributed by atoms with Gasteiger partial charge in [-0.05, 0) is 29.5 Å². The number of thioether (sulfide) groups is 1. The number of hydrogen-bond acceptors (Lipinski definition) is 3. The van der Waals surface area contributed by atoms with E-state index in [1.807, 2.05) is 30.8 Å². The summed E-state index contributed by atoms with van der Waals surface area (Å²) in [5.41, 5.74) is 1.37. The molecule has 0 saturated carbocycles. The summed E-state index contributed by atoms with van der Waals surface area (Å²) in [5, 5.41) is 2.98. The molecule has 1 amide bonds. The van der Waals surface area contributed by atoms with Crippen molar-refractivity contribution in [1.82, 2.24) is 5.32 Å². The molecule has 0 aliphatic carbocycles. The molecule has 3 nitrogen and oxygen atoms in total. The van der Waals surface area contributed by atoms with Crippen molar-refractivity contribution in [3.63, 3.8) is 0 Å². The Labute approximate surface area is 151 Å². The molecule has 0 bridgehead atoms. The molecular formula is C20H33NO2S. The number of carbonyl (C=O) groups is 1. The van der Waals surface area contributed by atoms with E-state index in [1.165, 1.54) is 5.56 Å². The minimum absolute atomic E-state index is 0.0353. The molecule has 0 aliphatic heterocycles. The van der Waals surface area contributed by atoms with Crippen LogP contribution in [0.15, 0.2) is 24.3 Å². The zero-order chi connectivity index (χ0) is 18.4. The molecule has 136 valence electrons. The Bertz CT molecular complexity index is 512. The summed E-state index contributed by atoms with van der Waals surface area (Å²) in [6.45, 7) is 15.7. The van der Waals surface area contributed by atoms with Crippen LogP contribution in [0.3, 0.4) is 0 Å². The zero-order valence-corrected chi connectivity index (χ0v) is 17.0. The lowest BCUT2D eigenvalue weighted by molar-refractivity contribution is -0.127. The van der Waals surface area contributed by atoms with E-state index in [2.05, 4.69) is 59.0 Å². The maximum atomic E-state index is 12.3. The predicted octanol–water partition coefficient (Wildman–Crippen LogP) is 4.79. The second-order valence-corrected chi connectivity index (χ2v) is 9.96. The third-order valence-corrected chi connectivity index (χ3v) is 4.87. The predicted molar refractivity (Wildman–Crippen MR) is 105 cm³/mol. The highest BCUT2D eigenvalue weighted by atomic mass is 32.2. The first-order valence-electron chi connectivity index (χ1n) is 8.72. The van der Waals surface area contributed by atoms with E-state index in [1.54, 1.807) is 0 Å². The standard InChI is InChI=1S/C20H33NO2S/c1-8-17(18(22)21-13-14-24-20(5,6)7)23-16-11-9-15(10-12-16)19(2,3)4/h9-12,17H,8,13-14H2,1-7H3,(H,21,22)/t17-/m1/s1. The molecule has 0 aliphatic rings. The minimum Gasteiger partial charge on any atom is -0.481 e. The van der Waals surface area contributed by atoms with Crippen LogP contribution in [0, 0.1) is 0 Å². The average Bonchev–Trinajstić information content (AvgIpc) is 2.47. The van der Waals surface area contributed by atoms with E-state index < -0.39 is 6.10 Å². The van der Waals surface area contributed by atoms with E-state index in [0.29, 0.717) is 13.0 Å². The molecule has 1 atom stereocenters. The SMILES string of the molecule is CC[C@@H](Oc1ccc(C(C)(C)C)cc1)C(=O)NCCSC(C)(C)C. The summed E-state index contributed by atoms with van der Waals surface area (Å²) in [6.07, 6.45) is 0.212. The van der Waals surface area contributed by atoms with Crippen molar-refractivity contribution in [3.05, 3.63) is 29.8 Å². The second kappa shape index (κ2) is 8.80. The highest BCUT2D eigenvalue weighted by molar-refractivity contribution is 8.00. The lowest BCUT2D eigenvalue weighted by atomic mass is 9.87. The van der Waals surface area contributed by atoms with Gasteiger partial charge in [0.2, 0.25) is 0 Å². The van der Waals surface area contributed by atoms with Gasteiger partial charge in [-0.2, -0.15) is 11.8 Å². The summed E-state index contributed by atoms with van der Waals surface area (Å²) in [7, 11) is 0. The first kappa shape index (κ1) is 20.9. The average molecular weight is 352 g/mol. The van der Waals surface area contributed by atoms with Crippen LogP contribution in [-0.2, 0) is 10.2 Å². The van der Waals surface area contributed by atoms with Gasteiger partial charge in [-0.1, -0.05) is 60.6 Å². The van der Waals surface area contributed by atoms with Gasteiger partial charge in [-0.25, -0.2) is 0 Å². The molecule has 0 saturated heterocycles. The second-order valence-electron chi connectivity index (χ2n) is 8.04. The van der Waals surface area contributed by atoms with Crippen LogP contribution in [0.5, 0.6) is 5.75 Å². The number of rotatable bonds is 7. The molecule has 0 unspecified atom stereocenters. The zero-order valence-electron chi connectivity index (χ0n) is 16.2. The van der Waals surface area contributed by atoms with Gasteiger partial charge in [0.25, 0.3) is 5.91 Å². The van der Waals surface area contributed by atoms with Crippen LogP contribution < -0.4 is 10.1 Å². The Kier molecular flexibility index (Phi) is 7.65. The van der Waals surface area contributed by atoms with E-state index in [9.17, 15) is 4.79 Å². The molecule has 1 N–H and O–H groups in total. The van der Waals surface area contributed by atoms with Crippen LogP contribution in [0.1, 0.15) is 60.5 Å². The lowest BCUT2D eigenvalue weighted by Crippen LogP contribution is -2.39. The molecule has 0 spiro atoms. The quantitative estimate of drug-likeness (QED) is 0.718. The summed E-state index contributed by atoms with van der Waals surface area (Å²) in [6, 6.07) is 8.04. The van der Waals surface area contributed by atoms with E-state index in [4.69, 9.17) is 4.74 Å². The Morgan fingerprint density at radius 3 is 2.17 bits per heavy atom.